The summed E-state index contributed by atoms with van der Waals surface area (Å²) in [7, 11) is 1.43. The molecule has 0 N–H and O–H groups in total. The molecule has 124 valence electrons. The number of thiophene rings is 1. The zero-order valence-electron chi connectivity index (χ0n) is 13.0. The van der Waals surface area contributed by atoms with E-state index in [2.05, 4.69) is 11.6 Å². The first kappa shape index (κ1) is 16.7. The van der Waals surface area contributed by atoms with Gasteiger partial charge in [-0.15, -0.1) is 17.9 Å². The van der Waals surface area contributed by atoms with Gasteiger partial charge < -0.3 is 4.74 Å². The summed E-state index contributed by atoms with van der Waals surface area (Å²) in [5.74, 6) is 0.313. The maximum absolute atomic E-state index is 13.8. The van der Waals surface area contributed by atoms with E-state index in [1.54, 1.807) is 28.8 Å². The van der Waals surface area contributed by atoms with Gasteiger partial charge in [0.2, 0.25) is 0 Å². The van der Waals surface area contributed by atoms with Gasteiger partial charge in [-0.1, -0.05) is 23.9 Å². The Morgan fingerprint density at radius 2 is 2.29 bits per heavy atom. The fourth-order valence-electron chi connectivity index (χ4n) is 2.28. The number of thioether (sulfide) groups is 1. The number of methoxy groups -OCH3 is 1. The molecule has 2 heterocycles. The Balaban J connectivity index is 1.91. The van der Waals surface area contributed by atoms with Gasteiger partial charge in [-0.3, -0.25) is 9.36 Å². The predicted octanol–water partition coefficient (Wildman–Crippen LogP) is 4.08. The van der Waals surface area contributed by atoms with Crippen LogP contribution in [0.2, 0.25) is 0 Å². The summed E-state index contributed by atoms with van der Waals surface area (Å²) >= 11 is 2.83. The molecule has 0 atom stereocenters. The minimum Gasteiger partial charge on any atom is -0.494 e. The molecule has 0 spiro atoms. The van der Waals surface area contributed by atoms with Crippen molar-refractivity contribution in [3.63, 3.8) is 0 Å². The number of hydrogen-bond donors (Lipinski definition) is 0. The monoisotopic (exact) mass is 362 g/mol. The number of rotatable bonds is 6. The van der Waals surface area contributed by atoms with E-state index in [9.17, 15) is 9.18 Å². The molecular formula is C17H15FN2O2S2. The molecule has 0 saturated heterocycles. The lowest BCUT2D eigenvalue weighted by molar-refractivity contribution is 0.386. The van der Waals surface area contributed by atoms with Gasteiger partial charge in [-0.2, -0.15) is 0 Å². The Morgan fingerprint density at radius 1 is 1.46 bits per heavy atom. The summed E-state index contributed by atoms with van der Waals surface area (Å²) in [6, 6.07) is 6.61. The summed E-state index contributed by atoms with van der Waals surface area (Å²) in [5, 5.41) is 3.07. The van der Waals surface area contributed by atoms with Crippen molar-refractivity contribution in [1.29, 1.82) is 0 Å². The number of hydrogen-bond acceptors (Lipinski definition) is 5. The number of ether oxygens (including phenoxy) is 1. The fourth-order valence-corrected chi connectivity index (χ4v) is 4.03. The lowest BCUT2D eigenvalue weighted by atomic mass is 10.2. The number of aromatic nitrogens is 2. The van der Waals surface area contributed by atoms with Crippen LogP contribution < -0.4 is 10.3 Å². The maximum atomic E-state index is 13.8. The molecule has 0 aliphatic rings. The molecule has 3 aromatic rings. The van der Waals surface area contributed by atoms with Gasteiger partial charge in [0.05, 0.1) is 12.5 Å². The molecule has 7 heteroatoms. The third-order valence-corrected chi connectivity index (χ3v) is 5.30. The molecule has 3 rings (SSSR count). The summed E-state index contributed by atoms with van der Waals surface area (Å²) in [6.45, 7) is 4.08. The van der Waals surface area contributed by atoms with Gasteiger partial charge >= 0.3 is 0 Å². The Kier molecular flexibility index (Phi) is 5.01. The van der Waals surface area contributed by atoms with Crippen LogP contribution in [0, 0.1) is 5.82 Å². The van der Waals surface area contributed by atoms with Crippen molar-refractivity contribution >= 4 is 33.3 Å². The number of fused-ring (bicyclic) bond motifs is 1. The number of nitrogens with zero attached hydrogens (tertiary/aromatic N) is 2. The second-order valence-corrected chi connectivity index (χ2v) is 6.83. The average molecular weight is 362 g/mol. The molecule has 0 radical (unpaired) electrons. The van der Waals surface area contributed by atoms with E-state index in [-0.39, 0.29) is 11.3 Å². The molecule has 0 unspecified atom stereocenters. The van der Waals surface area contributed by atoms with Crippen molar-refractivity contribution < 1.29 is 9.13 Å². The predicted molar refractivity (Wildman–Crippen MR) is 96.6 cm³/mol. The topological polar surface area (TPSA) is 44.1 Å². The first-order valence-electron chi connectivity index (χ1n) is 7.18. The highest BCUT2D eigenvalue weighted by Crippen LogP contribution is 2.26. The maximum Gasteiger partial charge on any atom is 0.263 e. The van der Waals surface area contributed by atoms with E-state index in [4.69, 9.17) is 4.74 Å². The van der Waals surface area contributed by atoms with Gasteiger partial charge in [0.25, 0.3) is 5.56 Å². The minimum absolute atomic E-state index is 0.0791. The Hall–Kier alpha value is -2.12. The summed E-state index contributed by atoms with van der Waals surface area (Å²) in [5.41, 5.74) is 0.716. The van der Waals surface area contributed by atoms with Gasteiger partial charge in [-0.05, 0) is 29.1 Å². The Bertz CT molecular complexity index is 949. The quantitative estimate of drug-likeness (QED) is 0.376. The highest BCUT2D eigenvalue weighted by molar-refractivity contribution is 7.98. The van der Waals surface area contributed by atoms with Crippen LogP contribution in [0.5, 0.6) is 5.75 Å². The normalized spacial score (nSPS) is 10.9. The molecule has 4 nitrogen and oxygen atoms in total. The van der Waals surface area contributed by atoms with Crippen molar-refractivity contribution in [3.05, 3.63) is 64.0 Å². The average Bonchev–Trinajstić information content (AvgIpc) is 3.05. The van der Waals surface area contributed by atoms with Crippen LogP contribution in [0.4, 0.5) is 4.39 Å². The van der Waals surface area contributed by atoms with Crippen LogP contribution >= 0.6 is 23.1 Å². The van der Waals surface area contributed by atoms with Gasteiger partial charge in [0, 0.05) is 12.3 Å². The second-order valence-electron chi connectivity index (χ2n) is 5.00. The van der Waals surface area contributed by atoms with Crippen LogP contribution in [0.25, 0.3) is 10.2 Å². The molecule has 1 aromatic carbocycles. The van der Waals surface area contributed by atoms with Crippen LogP contribution in [0.15, 0.2) is 52.3 Å². The fraction of sp³-hybridized carbons (Fsp3) is 0.176. The largest absolute Gasteiger partial charge is 0.494 e. The van der Waals surface area contributed by atoms with E-state index in [0.29, 0.717) is 27.7 Å². The van der Waals surface area contributed by atoms with Crippen LogP contribution in [-0.2, 0) is 12.3 Å². The first-order valence-corrected chi connectivity index (χ1v) is 9.04. The number of halogens is 1. The minimum atomic E-state index is -0.402. The second kappa shape index (κ2) is 7.19. The zero-order chi connectivity index (χ0) is 17.1. The highest BCUT2D eigenvalue weighted by atomic mass is 32.2. The van der Waals surface area contributed by atoms with Crippen LogP contribution in [0.1, 0.15) is 5.56 Å². The van der Waals surface area contributed by atoms with Gasteiger partial charge in [-0.25, -0.2) is 9.37 Å². The molecule has 0 fully saturated rings. The number of benzene rings is 1. The van der Waals surface area contributed by atoms with Gasteiger partial charge in [0.1, 0.15) is 4.83 Å². The van der Waals surface area contributed by atoms with Crippen molar-refractivity contribution in [2.24, 2.45) is 0 Å². The number of allylic oxidation sites excluding steroid dienone is 1. The summed E-state index contributed by atoms with van der Waals surface area (Å²) in [4.78, 5) is 17.8. The highest BCUT2D eigenvalue weighted by Gasteiger charge is 2.12. The Labute approximate surface area is 146 Å². The Morgan fingerprint density at radius 3 is 3.00 bits per heavy atom. The third-order valence-electron chi connectivity index (χ3n) is 3.44. The van der Waals surface area contributed by atoms with E-state index in [1.807, 2.05) is 5.38 Å². The van der Waals surface area contributed by atoms with E-state index in [0.717, 1.165) is 5.56 Å². The van der Waals surface area contributed by atoms with Crippen LogP contribution in [-0.4, -0.2) is 16.7 Å². The molecule has 0 bridgehead atoms. The SMILES string of the molecule is C=CCn1c(SCc2ccc(OC)c(F)c2)nc2sccc2c1=O. The third kappa shape index (κ3) is 3.22. The first-order chi connectivity index (χ1) is 11.6. The molecule has 0 aliphatic heterocycles. The van der Waals surface area contributed by atoms with Crippen molar-refractivity contribution in [1.82, 2.24) is 9.55 Å². The zero-order valence-corrected chi connectivity index (χ0v) is 14.6. The van der Waals surface area contributed by atoms with Crippen molar-refractivity contribution in [2.45, 2.75) is 17.5 Å². The molecule has 2 aromatic heterocycles. The van der Waals surface area contributed by atoms with Crippen molar-refractivity contribution in [3.8, 4) is 5.75 Å². The smallest absolute Gasteiger partial charge is 0.263 e. The summed E-state index contributed by atoms with van der Waals surface area (Å²) < 4.78 is 20.3. The van der Waals surface area contributed by atoms with E-state index >= 15 is 0 Å². The van der Waals surface area contributed by atoms with Gasteiger partial charge in [0.15, 0.2) is 16.7 Å². The molecule has 0 saturated carbocycles. The standard InChI is InChI=1S/C17H15FN2O2S2/c1-3-7-20-16(21)12-6-8-23-15(12)19-17(20)24-10-11-4-5-14(22-2)13(18)9-11/h3-6,8-9H,1,7,10H2,2H3. The molecule has 0 amide bonds. The lowest BCUT2D eigenvalue weighted by Crippen LogP contribution is -2.22. The molecular weight excluding hydrogens is 347 g/mol. The summed E-state index contributed by atoms with van der Waals surface area (Å²) in [6.07, 6.45) is 1.67. The lowest BCUT2D eigenvalue weighted by Gasteiger charge is -2.10. The van der Waals surface area contributed by atoms with E-state index in [1.165, 1.54) is 36.3 Å². The van der Waals surface area contributed by atoms with E-state index < -0.39 is 5.82 Å². The molecule has 0 aliphatic carbocycles. The van der Waals surface area contributed by atoms with Crippen LogP contribution in [0.3, 0.4) is 0 Å². The van der Waals surface area contributed by atoms with Crippen molar-refractivity contribution in [2.75, 3.05) is 7.11 Å². The molecule has 24 heavy (non-hydrogen) atoms.